The molecule has 0 radical (unpaired) electrons. The topological polar surface area (TPSA) is 86.8 Å². The molecule has 1 saturated heterocycles. The number of nitrogens with one attached hydrogen (secondary N) is 1. The van der Waals surface area contributed by atoms with Crippen molar-refractivity contribution in [3.8, 4) is 0 Å². The normalized spacial score (nSPS) is 15.2. The first-order valence-electron chi connectivity index (χ1n) is 9.57. The molecule has 154 valence electrons. The molecule has 2 amide bonds. The van der Waals surface area contributed by atoms with Gasteiger partial charge in [-0.15, -0.1) is 0 Å². The van der Waals surface area contributed by atoms with Gasteiger partial charge in [-0.25, -0.2) is 8.42 Å². The van der Waals surface area contributed by atoms with E-state index in [-0.39, 0.29) is 35.4 Å². The number of piperazine rings is 1. The Kier molecular flexibility index (Phi) is 6.34. The number of nitrogens with zero attached hydrogens (tertiary/aromatic N) is 2. The van der Waals surface area contributed by atoms with Crippen LogP contribution in [0.4, 0.5) is 5.69 Å². The van der Waals surface area contributed by atoms with Gasteiger partial charge >= 0.3 is 0 Å². The standard InChI is InChI=1S/C21H25N3O4S/c1-3-17-7-9-19(10-8-17)22-21(26)18-5-4-6-20(15-18)29(27,28)24-13-11-23(12-14-24)16(2)25/h4-10,15H,3,11-14H2,1-2H3,(H,22,26). The molecule has 0 aromatic heterocycles. The van der Waals surface area contributed by atoms with E-state index in [0.29, 0.717) is 18.8 Å². The van der Waals surface area contributed by atoms with Crippen LogP contribution < -0.4 is 5.32 Å². The van der Waals surface area contributed by atoms with Crippen LogP contribution in [0, 0.1) is 0 Å². The fraction of sp³-hybridized carbons (Fsp3) is 0.333. The predicted molar refractivity (Wildman–Crippen MR) is 111 cm³/mol. The highest BCUT2D eigenvalue weighted by Crippen LogP contribution is 2.20. The first-order valence-corrected chi connectivity index (χ1v) is 11.0. The number of aryl methyl sites for hydroxylation is 1. The largest absolute Gasteiger partial charge is 0.340 e. The van der Waals surface area contributed by atoms with Crippen LogP contribution in [0.5, 0.6) is 0 Å². The molecule has 2 aromatic rings. The minimum Gasteiger partial charge on any atom is -0.340 e. The average Bonchev–Trinajstić information content (AvgIpc) is 2.74. The lowest BCUT2D eigenvalue weighted by Crippen LogP contribution is -2.49. The van der Waals surface area contributed by atoms with Crippen molar-refractivity contribution in [3.63, 3.8) is 0 Å². The number of hydrogen-bond acceptors (Lipinski definition) is 4. The second-order valence-corrected chi connectivity index (χ2v) is 8.88. The molecular formula is C21H25N3O4S. The van der Waals surface area contributed by atoms with E-state index in [4.69, 9.17) is 0 Å². The highest BCUT2D eigenvalue weighted by Gasteiger charge is 2.29. The van der Waals surface area contributed by atoms with E-state index in [0.717, 1.165) is 6.42 Å². The van der Waals surface area contributed by atoms with Gasteiger partial charge in [-0.1, -0.05) is 25.1 Å². The highest BCUT2D eigenvalue weighted by molar-refractivity contribution is 7.89. The maximum absolute atomic E-state index is 13.0. The number of rotatable bonds is 5. The molecule has 1 heterocycles. The molecule has 1 N–H and O–H groups in total. The zero-order valence-electron chi connectivity index (χ0n) is 16.6. The molecule has 0 saturated carbocycles. The Balaban J connectivity index is 1.74. The quantitative estimate of drug-likeness (QED) is 0.812. The van der Waals surface area contributed by atoms with Gasteiger partial charge in [0.1, 0.15) is 0 Å². The van der Waals surface area contributed by atoms with Gasteiger partial charge in [0.05, 0.1) is 4.90 Å². The summed E-state index contributed by atoms with van der Waals surface area (Å²) in [5, 5.41) is 2.79. The second kappa shape index (κ2) is 8.75. The fourth-order valence-electron chi connectivity index (χ4n) is 3.22. The molecule has 0 bridgehead atoms. The van der Waals surface area contributed by atoms with Crippen LogP contribution in [0.15, 0.2) is 53.4 Å². The first-order chi connectivity index (χ1) is 13.8. The third-order valence-electron chi connectivity index (χ3n) is 5.04. The Labute approximate surface area is 171 Å². The lowest BCUT2D eigenvalue weighted by atomic mass is 10.1. The van der Waals surface area contributed by atoms with Crippen LogP contribution >= 0.6 is 0 Å². The van der Waals surface area contributed by atoms with Gasteiger partial charge in [-0.3, -0.25) is 9.59 Å². The van der Waals surface area contributed by atoms with Crippen molar-refractivity contribution in [3.05, 3.63) is 59.7 Å². The molecule has 2 aromatic carbocycles. The van der Waals surface area contributed by atoms with E-state index < -0.39 is 10.0 Å². The zero-order chi connectivity index (χ0) is 21.0. The summed E-state index contributed by atoms with van der Waals surface area (Å²) in [6, 6.07) is 13.6. The van der Waals surface area contributed by atoms with E-state index in [1.54, 1.807) is 17.0 Å². The predicted octanol–water partition coefficient (Wildman–Crippen LogP) is 2.35. The number of sulfonamides is 1. The molecule has 1 aliphatic heterocycles. The minimum atomic E-state index is -3.73. The van der Waals surface area contributed by atoms with Crippen LogP contribution in [-0.4, -0.2) is 55.6 Å². The summed E-state index contributed by atoms with van der Waals surface area (Å²) >= 11 is 0. The first kappa shape index (κ1) is 21.0. The smallest absolute Gasteiger partial charge is 0.255 e. The SMILES string of the molecule is CCc1ccc(NC(=O)c2cccc(S(=O)(=O)N3CCN(C(C)=O)CC3)c2)cc1. The van der Waals surface area contributed by atoms with Crippen molar-refractivity contribution in [1.29, 1.82) is 0 Å². The second-order valence-electron chi connectivity index (χ2n) is 6.94. The lowest BCUT2D eigenvalue weighted by Gasteiger charge is -2.33. The number of amides is 2. The highest BCUT2D eigenvalue weighted by atomic mass is 32.2. The van der Waals surface area contributed by atoms with E-state index in [2.05, 4.69) is 12.2 Å². The third-order valence-corrected chi connectivity index (χ3v) is 6.93. The van der Waals surface area contributed by atoms with Crippen LogP contribution in [0.1, 0.15) is 29.8 Å². The molecule has 7 nitrogen and oxygen atoms in total. The summed E-state index contributed by atoms with van der Waals surface area (Å²) in [7, 11) is -3.73. The summed E-state index contributed by atoms with van der Waals surface area (Å²) in [6.45, 7) is 4.73. The minimum absolute atomic E-state index is 0.0623. The summed E-state index contributed by atoms with van der Waals surface area (Å²) < 4.78 is 27.3. The van der Waals surface area contributed by atoms with Crippen LogP contribution in [0.25, 0.3) is 0 Å². The number of anilines is 1. The van der Waals surface area contributed by atoms with Gasteiger partial charge < -0.3 is 10.2 Å². The molecular weight excluding hydrogens is 390 g/mol. The Hall–Kier alpha value is -2.71. The summed E-state index contributed by atoms with van der Waals surface area (Å²) in [5.74, 6) is -0.430. The Morgan fingerprint density at radius 1 is 1.00 bits per heavy atom. The Bertz CT molecular complexity index is 995. The van der Waals surface area contributed by atoms with E-state index in [1.165, 1.54) is 28.9 Å². The number of carbonyl (C=O) groups is 2. The van der Waals surface area contributed by atoms with Gasteiger partial charge in [0.25, 0.3) is 5.91 Å². The maximum atomic E-state index is 13.0. The van der Waals surface area contributed by atoms with Crippen molar-refractivity contribution >= 4 is 27.5 Å². The van der Waals surface area contributed by atoms with Gasteiger partial charge in [-0.05, 0) is 42.3 Å². The van der Waals surface area contributed by atoms with Crippen LogP contribution in [-0.2, 0) is 21.2 Å². The molecule has 1 aliphatic rings. The van der Waals surface area contributed by atoms with E-state index in [1.807, 2.05) is 24.3 Å². The van der Waals surface area contributed by atoms with Crippen molar-refractivity contribution in [1.82, 2.24) is 9.21 Å². The zero-order valence-corrected chi connectivity index (χ0v) is 17.4. The van der Waals surface area contributed by atoms with Crippen molar-refractivity contribution < 1.29 is 18.0 Å². The molecule has 1 fully saturated rings. The van der Waals surface area contributed by atoms with Crippen molar-refractivity contribution in [2.45, 2.75) is 25.2 Å². The molecule has 0 unspecified atom stereocenters. The summed E-state index contributed by atoms with van der Waals surface area (Å²) in [6.07, 6.45) is 0.912. The fourth-order valence-corrected chi connectivity index (χ4v) is 4.69. The molecule has 0 aliphatic carbocycles. The van der Waals surface area contributed by atoms with Crippen molar-refractivity contribution in [2.75, 3.05) is 31.5 Å². The third kappa shape index (κ3) is 4.83. The maximum Gasteiger partial charge on any atom is 0.255 e. The molecule has 0 spiro atoms. The number of hydrogen-bond donors (Lipinski definition) is 1. The molecule has 0 atom stereocenters. The summed E-state index contributed by atoms with van der Waals surface area (Å²) in [5.41, 5.74) is 2.09. The van der Waals surface area contributed by atoms with Gasteiger partial charge in [0.15, 0.2) is 0 Å². The number of benzene rings is 2. The van der Waals surface area contributed by atoms with E-state index in [9.17, 15) is 18.0 Å². The van der Waals surface area contributed by atoms with Crippen molar-refractivity contribution in [2.24, 2.45) is 0 Å². The Morgan fingerprint density at radius 2 is 1.66 bits per heavy atom. The molecule has 29 heavy (non-hydrogen) atoms. The average molecular weight is 416 g/mol. The van der Waals surface area contributed by atoms with Gasteiger partial charge in [0.2, 0.25) is 15.9 Å². The van der Waals surface area contributed by atoms with Crippen LogP contribution in [0.3, 0.4) is 0 Å². The monoisotopic (exact) mass is 415 g/mol. The Morgan fingerprint density at radius 3 is 2.24 bits per heavy atom. The van der Waals surface area contributed by atoms with E-state index >= 15 is 0 Å². The lowest BCUT2D eigenvalue weighted by molar-refractivity contribution is -0.129. The van der Waals surface area contributed by atoms with Gasteiger partial charge in [-0.2, -0.15) is 4.31 Å². The van der Waals surface area contributed by atoms with Gasteiger partial charge in [0, 0.05) is 44.4 Å². The number of carbonyl (C=O) groups excluding carboxylic acids is 2. The molecule has 3 rings (SSSR count). The molecule has 8 heteroatoms. The summed E-state index contributed by atoms with van der Waals surface area (Å²) in [4.78, 5) is 25.7. The van der Waals surface area contributed by atoms with Crippen LogP contribution in [0.2, 0.25) is 0 Å².